The highest BCUT2D eigenvalue weighted by atomic mass is 32.2. The molecule has 4 amide bonds. The Morgan fingerprint density at radius 1 is 0.922 bits per heavy atom. The SMILES string of the molecule is CC1(C)S[C@@H]2[C@H](NC(=O)C(NC(=O)OCc3ccccc3)c3ccc(O)cc3)C(=O)N2[C@H]1C(=O)OCOC(=O)[C@@H]1N2C(=O)C[C@H]2S(=O)(=O)C1(C)C. The van der Waals surface area contributed by atoms with Crippen molar-refractivity contribution in [1.82, 2.24) is 20.4 Å². The van der Waals surface area contributed by atoms with Gasteiger partial charge in [0.05, 0.1) is 11.2 Å². The summed E-state index contributed by atoms with van der Waals surface area (Å²) in [6, 6.07) is 9.49. The Balaban J connectivity index is 1.08. The van der Waals surface area contributed by atoms with E-state index in [1.165, 1.54) is 54.8 Å². The second-order valence-electron chi connectivity index (χ2n) is 13.5. The Kier molecular flexibility index (Phi) is 9.20. The summed E-state index contributed by atoms with van der Waals surface area (Å²) in [7, 11) is -3.85. The number of β-lactam (4-membered cyclic amide) rings is 2. The van der Waals surface area contributed by atoms with Gasteiger partial charge in [-0.25, -0.2) is 22.8 Å². The van der Waals surface area contributed by atoms with Crippen LogP contribution in [0.4, 0.5) is 4.79 Å². The number of rotatable bonds is 10. The molecule has 2 aromatic rings. The third-order valence-corrected chi connectivity index (χ3v) is 13.9. The predicted molar refractivity (Wildman–Crippen MR) is 178 cm³/mol. The van der Waals surface area contributed by atoms with Gasteiger partial charge in [0.25, 0.3) is 0 Å². The van der Waals surface area contributed by atoms with Gasteiger partial charge < -0.3 is 39.8 Å². The van der Waals surface area contributed by atoms with Gasteiger partial charge in [-0.05, 0) is 51.0 Å². The van der Waals surface area contributed by atoms with Gasteiger partial charge in [-0.2, -0.15) is 0 Å². The second-order valence-corrected chi connectivity index (χ2v) is 18.0. The number of hydrogen-bond acceptors (Lipinski definition) is 13. The zero-order valence-corrected chi connectivity index (χ0v) is 29.6. The van der Waals surface area contributed by atoms with Gasteiger partial charge in [0.1, 0.15) is 47.3 Å². The first-order valence-corrected chi connectivity index (χ1v) is 18.3. The molecule has 272 valence electrons. The van der Waals surface area contributed by atoms with Crippen LogP contribution in [0.15, 0.2) is 54.6 Å². The molecule has 16 nitrogen and oxygen atoms in total. The molecule has 6 atom stereocenters. The number of carbonyl (C=O) groups excluding carboxylic acids is 6. The van der Waals surface area contributed by atoms with Crippen LogP contribution in [0.2, 0.25) is 0 Å². The van der Waals surface area contributed by atoms with Crippen LogP contribution in [0.1, 0.15) is 51.3 Å². The minimum atomic E-state index is -3.85. The van der Waals surface area contributed by atoms with Crippen molar-refractivity contribution in [3.05, 3.63) is 65.7 Å². The van der Waals surface area contributed by atoms with Gasteiger partial charge in [-0.15, -0.1) is 11.8 Å². The van der Waals surface area contributed by atoms with E-state index in [0.717, 1.165) is 10.5 Å². The summed E-state index contributed by atoms with van der Waals surface area (Å²) in [5.74, 6) is -3.86. The number of aromatic hydroxyl groups is 1. The fourth-order valence-electron chi connectivity index (χ4n) is 6.73. The number of nitrogens with zero attached hydrogens (tertiary/aromatic N) is 2. The monoisotopic (exact) mass is 744 g/mol. The van der Waals surface area contributed by atoms with Crippen LogP contribution < -0.4 is 10.6 Å². The normalized spacial score (nSPS) is 26.8. The number of esters is 2. The quantitative estimate of drug-likeness (QED) is 0.177. The molecule has 3 N–H and O–H groups in total. The molecule has 6 rings (SSSR count). The number of phenols is 1. The number of fused-ring (bicyclic) bond motifs is 2. The second kappa shape index (κ2) is 13.0. The zero-order valence-electron chi connectivity index (χ0n) is 27.9. The van der Waals surface area contributed by atoms with Crippen LogP contribution in [0.3, 0.4) is 0 Å². The largest absolute Gasteiger partial charge is 0.508 e. The molecule has 2 aromatic carbocycles. The lowest BCUT2D eigenvalue weighted by Crippen LogP contribution is -2.71. The lowest BCUT2D eigenvalue weighted by Gasteiger charge is -2.44. The topological polar surface area (TPSA) is 215 Å². The average molecular weight is 745 g/mol. The number of carbonyl (C=O) groups is 6. The predicted octanol–water partition coefficient (Wildman–Crippen LogP) is 1.08. The Morgan fingerprint density at radius 2 is 1.55 bits per heavy atom. The summed E-state index contributed by atoms with van der Waals surface area (Å²) >= 11 is 1.23. The molecule has 4 saturated heterocycles. The molecular weight excluding hydrogens is 709 g/mol. The highest BCUT2D eigenvalue weighted by Gasteiger charge is 2.68. The fraction of sp³-hybridized carbons (Fsp3) is 0.455. The molecule has 0 spiro atoms. The van der Waals surface area contributed by atoms with Crippen LogP contribution in [0.25, 0.3) is 0 Å². The van der Waals surface area contributed by atoms with Crippen molar-refractivity contribution in [1.29, 1.82) is 0 Å². The van der Waals surface area contributed by atoms with Gasteiger partial charge in [0, 0.05) is 4.75 Å². The molecule has 0 radical (unpaired) electrons. The lowest BCUT2D eigenvalue weighted by atomic mass is 9.95. The van der Waals surface area contributed by atoms with E-state index in [4.69, 9.17) is 14.2 Å². The molecule has 4 aliphatic rings. The Hall–Kier alpha value is -4.84. The van der Waals surface area contributed by atoms with Crippen LogP contribution in [0.5, 0.6) is 5.75 Å². The number of ether oxygens (including phenoxy) is 3. The van der Waals surface area contributed by atoms with Crippen LogP contribution in [0, 0.1) is 0 Å². The van der Waals surface area contributed by atoms with Crippen molar-refractivity contribution >= 4 is 57.4 Å². The lowest BCUT2D eigenvalue weighted by molar-refractivity contribution is -0.181. The standard InChI is InChI=1S/C33H36N4O12S2/c1-32(2)24(29(42)48-16-49-30(43)25-33(3,4)51(45,46)21-14-20(39)36(21)25)37-27(41)23(28(37)50-32)34-26(40)22(18-10-12-19(38)13-11-18)35-31(44)47-15-17-8-6-5-7-9-17/h5-13,21-25,28,38H,14-16H2,1-4H3,(H,34,40)(H,35,44)/t21-,22?,23-,24+,25+,28-/m1/s1. The molecule has 51 heavy (non-hydrogen) atoms. The first-order chi connectivity index (χ1) is 24.0. The number of phenolic OH excluding ortho intramolecular Hbond substituents is 1. The molecule has 4 aliphatic heterocycles. The van der Waals surface area contributed by atoms with Gasteiger partial charge in [-0.1, -0.05) is 42.5 Å². The van der Waals surface area contributed by atoms with Gasteiger partial charge in [0.2, 0.25) is 24.5 Å². The van der Waals surface area contributed by atoms with Crippen molar-refractivity contribution in [2.75, 3.05) is 6.79 Å². The van der Waals surface area contributed by atoms with Crippen LogP contribution in [-0.4, -0.2) is 104 Å². The van der Waals surface area contributed by atoms with E-state index in [0.29, 0.717) is 5.56 Å². The Morgan fingerprint density at radius 3 is 2.18 bits per heavy atom. The van der Waals surface area contributed by atoms with Crippen molar-refractivity contribution in [3.63, 3.8) is 0 Å². The van der Waals surface area contributed by atoms with E-state index in [1.54, 1.807) is 38.1 Å². The number of nitrogens with one attached hydrogen (secondary N) is 2. The number of alkyl carbamates (subject to hydrolysis) is 1. The van der Waals surface area contributed by atoms with Crippen LogP contribution in [-0.2, 0) is 54.6 Å². The highest BCUT2D eigenvalue weighted by molar-refractivity contribution is 8.01. The van der Waals surface area contributed by atoms with Crippen LogP contribution >= 0.6 is 11.8 Å². The van der Waals surface area contributed by atoms with Crippen molar-refractivity contribution in [3.8, 4) is 5.75 Å². The summed E-state index contributed by atoms with van der Waals surface area (Å²) in [4.78, 5) is 80.4. The maximum atomic E-state index is 13.6. The number of thioether (sulfide) groups is 1. The van der Waals surface area contributed by atoms with E-state index >= 15 is 0 Å². The summed E-state index contributed by atoms with van der Waals surface area (Å²) in [6.45, 7) is 5.11. The smallest absolute Gasteiger partial charge is 0.408 e. The minimum Gasteiger partial charge on any atom is -0.508 e. The number of hydrogen-bond donors (Lipinski definition) is 3. The van der Waals surface area contributed by atoms with E-state index in [2.05, 4.69) is 10.6 Å². The molecule has 1 unspecified atom stereocenters. The summed E-state index contributed by atoms with van der Waals surface area (Å²) in [5.41, 5.74) is 1.02. The van der Waals surface area contributed by atoms with Crippen molar-refractivity contribution < 1.29 is 56.5 Å². The minimum absolute atomic E-state index is 0.0593. The summed E-state index contributed by atoms with van der Waals surface area (Å²) in [6.07, 6.45) is -1.12. The number of benzene rings is 2. The highest BCUT2D eigenvalue weighted by Crippen LogP contribution is 2.51. The number of sulfone groups is 1. The molecule has 0 bridgehead atoms. The van der Waals surface area contributed by atoms with E-state index in [-0.39, 0.29) is 18.8 Å². The van der Waals surface area contributed by atoms with Crippen molar-refractivity contribution in [2.24, 2.45) is 0 Å². The molecule has 0 aliphatic carbocycles. The van der Waals surface area contributed by atoms with E-state index in [1.807, 2.05) is 6.07 Å². The number of amides is 4. The van der Waals surface area contributed by atoms with E-state index < -0.39 is 96.8 Å². The van der Waals surface area contributed by atoms with E-state index in [9.17, 15) is 42.3 Å². The summed E-state index contributed by atoms with van der Waals surface area (Å²) < 4.78 is 38.7. The molecule has 0 saturated carbocycles. The molecule has 4 fully saturated rings. The van der Waals surface area contributed by atoms with Crippen molar-refractivity contribution in [2.45, 2.75) is 85.1 Å². The molecule has 4 heterocycles. The summed E-state index contributed by atoms with van der Waals surface area (Å²) in [5, 5.41) is 13.1. The first-order valence-electron chi connectivity index (χ1n) is 15.9. The average Bonchev–Trinajstić information content (AvgIpc) is 3.40. The third-order valence-electron chi connectivity index (χ3n) is 9.53. The third kappa shape index (κ3) is 6.23. The maximum absolute atomic E-state index is 13.6. The molecular formula is C33H36N4O12S2. The Bertz CT molecular complexity index is 1890. The fourth-order valence-corrected chi connectivity index (χ4v) is 10.5. The zero-order chi connectivity index (χ0) is 37.0. The Labute approximate surface area is 297 Å². The van der Waals surface area contributed by atoms with Gasteiger partial charge in [0.15, 0.2) is 9.84 Å². The first kappa shape index (κ1) is 36.0. The maximum Gasteiger partial charge on any atom is 0.408 e. The molecule has 0 aromatic heterocycles. The molecule has 18 heteroatoms. The van der Waals surface area contributed by atoms with Gasteiger partial charge in [-0.3, -0.25) is 14.4 Å². The van der Waals surface area contributed by atoms with Gasteiger partial charge >= 0.3 is 18.0 Å².